The molecule has 0 aliphatic carbocycles. The maximum absolute atomic E-state index is 14.6. The molecule has 3 aromatic rings. The Kier molecular flexibility index (Phi) is 7.36. The van der Waals surface area contributed by atoms with Gasteiger partial charge in [-0.1, -0.05) is 6.92 Å². The van der Waals surface area contributed by atoms with E-state index in [1.165, 1.54) is 20.0 Å². The summed E-state index contributed by atoms with van der Waals surface area (Å²) in [4.78, 5) is 30.8. The number of hydrogen-bond acceptors (Lipinski definition) is 4. The molecular formula is C22H19F7N4O2. The van der Waals surface area contributed by atoms with Crippen LogP contribution in [0.1, 0.15) is 23.7 Å². The first-order valence-electron chi connectivity index (χ1n) is 10.2. The number of anilines is 1. The third-order valence-electron chi connectivity index (χ3n) is 5.16. The number of nitrogens with one attached hydrogen (secondary N) is 1. The molecular weight excluding hydrogens is 485 g/mol. The number of hydrogen-bond donors (Lipinski definition) is 1. The van der Waals surface area contributed by atoms with E-state index in [9.17, 15) is 40.3 Å². The van der Waals surface area contributed by atoms with Crippen LogP contribution in [-0.4, -0.2) is 47.7 Å². The van der Waals surface area contributed by atoms with Gasteiger partial charge in [-0.3, -0.25) is 14.2 Å². The Balaban J connectivity index is 2.25. The van der Waals surface area contributed by atoms with Crippen molar-refractivity contribution in [2.75, 3.05) is 18.5 Å². The van der Waals surface area contributed by atoms with Gasteiger partial charge in [0, 0.05) is 19.3 Å². The van der Waals surface area contributed by atoms with Crippen molar-refractivity contribution in [1.82, 2.24) is 14.9 Å². The summed E-state index contributed by atoms with van der Waals surface area (Å²) in [6, 6.07) is 2.46. The van der Waals surface area contributed by atoms with Crippen LogP contribution in [0.5, 0.6) is 0 Å². The molecule has 2 heterocycles. The Morgan fingerprint density at radius 3 is 2.43 bits per heavy atom. The minimum Gasteiger partial charge on any atom is -0.354 e. The number of fused-ring (bicyclic) bond motifs is 1. The minimum atomic E-state index is -4.78. The van der Waals surface area contributed by atoms with Gasteiger partial charge in [0.25, 0.3) is 12.3 Å². The molecule has 3 rings (SSSR count). The van der Waals surface area contributed by atoms with Gasteiger partial charge in [0.2, 0.25) is 5.43 Å². The van der Waals surface area contributed by atoms with Crippen LogP contribution < -0.4 is 15.6 Å². The highest BCUT2D eigenvalue weighted by atomic mass is 19.4. The Bertz CT molecular complexity index is 1310. The fourth-order valence-corrected chi connectivity index (χ4v) is 3.38. The van der Waals surface area contributed by atoms with Gasteiger partial charge in [0.15, 0.2) is 5.65 Å². The molecule has 35 heavy (non-hydrogen) atoms. The van der Waals surface area contributed by atoms with E-state index in [0.29, 0.717) is 6.07 Å². The molecule has 2 aromatic heterocycles. The predicted octanol–water partition coefficient (Wildman–Crippen LogP) is 4.44. The van der Waals surface area contributed by atoms with E-state index in [0.717, 1.165) is 33.9 Å². The van der Waals surface area contributed by atoms with Gasteiger partial charge in [0.05, 0.1) is 17.6 Å². The molecule has 1 atom stereocenters. The van der Waals surface area contributed by atoms with Gasteiger partial charge in [-0.25, -0.2) is 22.5 Å². The summed E-state index contributed by atoms with van der Waals surface area (Å²) < 4.78 is 94.0. The Labute approximate surface area is 194 Å². The first kappa shape index (κ1) is 26.0. The zero-order valence-corrected chi connectivity index (χ0v) is 18.3. The fourth-order valence-electron chi connectivity index (χ4n) is 3.38. The molecule has 1 unspecified atom stereocenters. The third-order valence-corrected chi connectivity index (χ3v) is 5.16. The largest absolute Gasteiger partial charge is 0.408 e. The van der Waals surface area contributed by atoms with Crippen LogP contribution in [0.4, 0.5) is 36.6 Å². The number of benzene rings is 1. The van der Waals surface area contributed by atoms with Crippen molar-refractivity contribution in [2.45, 2.75) is 32.0 Å². The molecule has 1 amide bonds. The smallest absolute Gasteiger partial charge is 0.354 e. The maximum Gasteiger partial charge on any atom is 0.408 e. The number of pyridine rings is 2. The zero-order chi connectivity index (χ0) is 26.1. The molecule has 0 spiro atoms. The SMILES string of the molecule is CCC(NC(=O)c1cn(-c2ccc(F)cc2F)c2nc(N(C)CC(F)F)ccc2c1=O)C(F)(F)F. The molecule has 1 N–H and O–H groups in total. The zero-order valence-electron chi connectivity index (χ0n) is 18.3. The molecule has 0 fully saturated rings. The van der Waals surface area contributed by atoms with Crippen LogP contribution in [0.25, 0.3) is 16.7 Å². The van der Waals surface area contributed by atoms with E-state index >= 15 is 0 Å². The van der Waals surface area contributed by atoms with Gasteiger partial charge in [-0.15, -0.1) is 0 Å². The lowest BCUT2D eigenvalue weighted by Crippen LogP contribution is -2.46. The lowest BCUT2D eigenvalue weighted by Gasteiger charge is -2.21. The quantitative estimate of drug-likeness (QED) is 0.484. The summed E-state index contributed by atoms with van der Waals surface area (Å²) in [5.41, 5.74) is -2.42. The highest BCUT2D eigenvalue weighted by Crippen LogP contribution is 2.24. The topological polar surface area (TPSA) is 67.2 Å². The minimum absolute atomic E-state index is 0.0335. The van der Waals surface area contributed by atoms with Gasteiger partial charge >= 0.3 is 6.18 Å². The van der Waals surface area contributed by atoms with Crippen molar-refractivity contribution in [1.29, 1.82) is 0 Å². The molecule has 0 aliphatic rings. The number of alkyl halides is 5. The summed E-state index contributed by atoms with van der Waals surface area (Å²) in [5, 5.41) is 1.44. The first-order chi connectivity index (χ1) is 16.3. The Hall–Kier alpha value is -3.64. The predicted molar refractivity (Wildman–Crippen MR) is 114 cm³/mol. The average Bonchev–Trinajstić information content (AvgIpc) is 2.76. The number of nitrogens with zero attached hydrogens (tertiary/aromatic N) is 3. The molecule has 13 heteroatoms. The highest BCUT2D eigenvalue weighted by Gasteiger charge is 2.39. The number of carbonyl (C=O) groups is 1. The molecule has 188 valence electrons. The van der Waals surface area contributed by atoms with Crippen LogP contribution in [0.3, 0.4) is 0 Å². The number of halogens is 7. The van der Waals surface area contributed by atoms with Crippen molar-refractivity contribution >= 4 is 22.8 Å². The normalized spacial score (nSPS) is 12.7. The van der Waals surface area contributed by atoms with Crippen molar-refractivity contribution in [3.05, 3.63) is 63.9 Å². The molecule has 0 saturated heterocycles. The van der Waals surface area contributed by atoms with Crippen LogP contribution in [-0.2, 0) is 0 Å². The Morgan fingerprint density at radius 2 is 1.86 bits per heavy atom. The summed E-state index contributed by atoms with van der Waals surface area (Å²) in [7, 11) is 1.30. The van der Waals surface area contributed by atoms with E-state index in [-0.39, 0.29) is 22.5 Å². The molecule has 0 saturated carbocycles. The highest BCUT2D eigenvalue weighted by molar-refractivity contribution is 5.97. The lowest BCUT2D eigenvalue weighted by molar-refractivity contribution is -0.153. The summed E-state index contributed by atoms with van der Waals surface area (Å²) >= 11 is 0. The second kappa shape index (κ2) is 9.92. The number of amides is 1. The standard InChI is InChI=1S/C22H19F7N4O2/c1-3-16(22(27,28)29)30-21(35)13-9-33(15-6-4-11(23)8-14(15)24)20-12(19(13)34)5-7-18(31-20)32(2)10-17(25)26/h4-9,16-17H,3,10H2,1-2H3,(H,30,35). The molecule has 6 nitrogen and oxygen atoms in total. The van der Waals surface area contributed by atoms with Crippen LogP contribution in [0, 0.1) is 11.6 Å². The summed E-state index contributed by atoms with van der Waals surface area (Å²) in [6.07, 6.45) is -7.23. The van der Waals surface area contributed by atoms with E-state index in [4.69, 9.17) is 0 Å². The second-order valence-electron chi connectivity index (χ2n) is 7.63. The van der Waals surface area contributed by atoms with E-state index < -0.39 is 60.1 Å². The second-order valence-corrected chi connectivity index (χ2v) is 7.63. The first-order valence-corrected chi connectivity index (χ1v) is 10.2. The monoisotopic (exact) mass is 504 g/mol. The lowest BCUT2D eigenvalue weighted by atomic mass is 10.1. The van der Waals surface area contributed by atoms with Gasteiger partial charge in [0.1, 0.15) is 29.1 Å². The van der Waals surface area contributed by atoms with Crippen molar-refractivity contribution < 1.29 is 35.5 Å². The molecule has 1 aromatic carbocycles. The third kappa shape index (κ3) is 5.54. The van der Waals surface area contributed by atoms with Crippen LogP contribution in [0.2, 0.25) is 0 Å². The number of rotatable bonds is 7. The maximum atomic E-state index is 14.6. The summed E-state index contributed by atoms with van der Waals surface area (Å²) in [5.74, 6) is -3.46. The number of carbonyl (C=O) groups excluding carboxylic acids is 1. The summed E-state index contributed by atoms with van der Waals surface area (Å²) in [6.45, 7) is 0.469. The van der Waals surface area contributed by atoms with Gasteiger partial charge in [-0.05, 0) is 30.7 Å². The fraction of sp³-hybridized carbons (Fsp3) is 0.318. The van der Waals surface area contributed by atoms with Crippen LogP contribution in [0.15, 0.2) is 41.3 Å². The molecule has 0 aliphatic heterocycles. The van der Waals surface area contributed by atoms with E-state index in [2.05, 4.69) is 4.98 Å². The van der Waals surface area contributed by atoms with Crippen LogP contribution >= 0.6 is 0 Å². The van der Waals surface area contributed by atoms with E-state index in [1.807, 2.05) is 0 Å². The van der Waals surface area contributed by atoms with Gasteiger partial charge in [-0.2, -0.15) is 13.2 Å². The Morgan fingerprint density at radius 1 is 1.17 bits per heavy atom. The molecule has 0 bridgehead atoms. The van der Waals surface area contributed by atoms with Gasteiger partial charge < -0.3 is 10.2 Å². The average molecular weight is 504 g/mol. The van der Waals surface area contributed by atoms with Crippen molar-refractivity contribution in [2.24, 2.45) is 0 Å². The van der Waals surface area contributed by atoms with Crippen molar-refractivity contribution in [3.8, 4) is 5.69 Å². The van der Waals surface area contributed by atoms with E-state index in [1.54, 1.807) is 5.32 Å². The molecule has 0 radical (unpaired) electrons. The van der Waals surface area contributed by atoms with Crippen molar-refractivity contribution in [3.63, 3.8) is 0 Å². The number of aromatic nitrogens is 2.